The molecule has 0 unspecified atom stereocenters. The summed E-state index contributed by atoms with van der Waals surface area (Å²) < 4.78 is 52.1. The van der Waals surface area contributed by atoms with Crippen molar-refractivity contribution in [3.63, 3.8) is 0 Å². The van der Waals surface area contributed by atoms with Crippen LogP contribution in [0.25, 0.3) is 0 Å². The van der Waals surface area contributed by atoms with Gasteiger partial charge in [-0.05, 0) is 42.5 Å². The van der Waals surface area contributed by atoms with E-state index in [1.54, 1.807) is 19.1 Å². The van der Waals surface area contributed by atoms with Gasteiger partial charge in [0.05, 0.1) is 11.5 Å². The highest BCUT2D eigenvalue weighted by Crippen LogP contribution is 2.25. The van der Waals surface area contributed by atoms with E-state index in [4.69, 9.17) is 0 Å². The second kappa shape index (κ2) is 6.78. The topological polar surface area (TPSA) is 83.6 Å². The van der Waals surface area contributed by atoms with E-state index in [0.29, 0.717) is 25.2 Å². The first-order valence-electron chi connectivity index (χ1n) is 7.73. The molecular weight excluding hydrogens is 336 g/mol. The molecule has 0 aromatic heterocycles. The maximum absolute atomic E-state index is 12.0. The van der Waals surface area contributed by atoms with Crippen molar-refractivity contribution in [1.82, 2.24) is 4.31 Å². The Balaban J connectivity index is 2.21. The van der Waals surface area contributed by atoms with E-state index in [9.17, 15) is 16.8 Å². The minimum absolute atomic E-state index is 0.0373. The van der Waals surface area contributed by atoms with Gasteiger partial charge in [-0.25, -0.2) is 16.8 Å². The van der Waals surface area contributed by atoms with Crippen LogP contribution in [0.15, 0.2) is 18.2 Å². The van der Waals surface area contributed by atoms with E-state index in [0.717, 1.165) is 11.1 Å². The molecule has 1 heterocycles. The average Bonchev–Trinajstić information content (AvgIpc) is 2.44. The smallest absolute Gasteiger partial charge is 0.232 e. The number of hydrogen-bond acceptors (Lipinski definition) is 4. The number of sulfonamides is 2. The van der Waals surface area contributed by atoms with Gasteiger partial charge in [0.15, 0.2) is 0 Å². The predicted molar refractivity (Wildman–Crippen MR) is 92.3 cm³/mol. The molecule has 0 fully saturated rings. The molecule has 1 aromatic rings. The Hall–Kier alpha value is -1.12. The number of nitrogens with zero attached hydrogens (tertiary/aromatic N) is 1. The second-order valence-electron chi connectivity index (χ2n) is 6.24. The van der Waals surface area contributed by atoms with Crippen LogP contribution in [0.2, 0.25) is 0 Å². The maximum Gasteiger partial charge on any atom is 0.232 e. The SMILES string of the molecule is CCS(=O)(=O)N1CCc2ccc(NS(=O)(=O)CC(C)C)cc2C1. The van der Waals surface area contributed by atoms with E-state index < -0.39 is 20.0 Å². The molecule has 0 aliphatic carbocycles. The molecule has 6 nitrogen and oxygen atoms in total. The van der Waals surface area contributed by atoms with Crippen LogP contribution in [0, 0.1) is 5.92 Å². The van der Waals surface area contributed by atoms with Crippen molar-refractivity contribution in [2.75, 3.05) is 22.8 Å². The molecule has 0 atom stereocenters. The van der Waals surface area contributed by atoms with Crippen LogP contribution in [-0.4, -0.2) is 39.2 Å². The highest BCUT2D eigenvalue weighted by Gasteiger charge is 2.25. The van der Waals surface area contributed by atoms with Gasteiger partial charge in [-0.1, -0.05) is 19.9 Å². The van der Waals surface area contributed by atoms with E-state index in [-0.39, 0.29) is 17.4 Å². The molecular formula is C15H24N2O4S2. The molecule has 8 heteroatoms. The van der Waals surface area contributed by atoms with Gasteiger partial charge < -0.3 is 0 Å². The summed E-state index contributed by atoms with van der Waals surface area (Å²) in [7, 11) is -6.62. The van der Waals surface area contributed by atoms with E-state index >= 15 is 0 Å². The van der Waals surface area contributed by atoms with Crippen LogP contribution in [-0.2, 0) is 33.0 Å². The number of hydrogen-bond donors (Lipinski definition) is 1. The number of rotatable bonds is 6. The van der Waals surface area contributed by atoms with Crippen molar-refractivity contribution in [2.24, 2.45) is 5.92 Å². The zero-order chi connectivity index (χ0) is 17.3. The molecule has 1 N–H and O–H groups in total. The van der Waals surface area contributed by atoms with Gasteiger partial charge in [0.25, 0.3) is 0 Å². The lowest BCUT2D eigenvalue weighted by Crippen LogP contribution is -2.36. The first-order valence-corrected chi connectivity index (χ1v) is 11.0. The Bertz CT molecular complexity index is 771. The van der Waals surface area contributed by atoms with Gasteiger partial charge >= 0.3 is 0 Å². The largest absolute Gasteiger partial charge is 0.284 e. The van der Waals surface area contributed by atoms with Gasteiger partial charge in [-0.2, -0.15) is 4.31 Å². The van der Waals surface area contributed by atoms with Crippen LogP contribution in [0.5, 0.6) is 0 Å². The zero-order valence-electron chi connectivity index (χ0n) is 13.7. The van der Waals surface area contributed by atoms with Gasteiger partial charge in [-0.15, -0.1) is 0 Å². The van der Waals surface area contributed by atoms with Gasteiger partial charge in [0.2, 0.25) is 20.0 Å². The molecule has 0 spiro atoms. The van der Waals surface area contributed by atoms with Crippen molar-refractivity contribution in [3.8, 4) is 0 Å². The lowest BCUT2D eigenvalue weighted by Gasteiger charge is -2.28. The van der Waals surface area contributed by atoms with Crippen LogP contribution in [0.4, 0.5) is 5.69 Å². The van der Waals surface area contributed by atoms with Crippen molar-refractivity contribution in [2.45, 2.75) is 33.7 Å². The lowest BCUT2D eigenvalue weighted by molar-refractivity contribution is 0.392. The van der Waals surface area contributed by atoms with E-state index in [1.165, 1.54) is 4.31 Å². The summed E-state index contributed by atoms with van der Waals surface area (Å²) in [4.78, 5) is 0. The third-order valence-electron chi connectivity index (χ3n) is 3.77. The van der Waals surface area contributed by atoms with Gasteiger partial charge in [0, 0.05) is 18.8 Å². The molecule has 2 rings (SSSR count). The molecule has 0 radical (unpaired) electrons. The Labute approximate surface area is 139 Å². The molecule has 130 valence electrons. The summed E-state index contributed by atoms with van der Waals surface area (Å²) in [6, 6.07) is 5.35. The number of nitrogens with one attached hydrogen (secondary N) is 1. The minimum atomic E-state index is -3.39. The summed E-state index contributed by atoms with van der Waals surface area (Å²) in [5.74, 6) is 0.166. The number of benzene rings is 1. The van der Waals surface area contributed by atoms with E-state index in [1.807, 2.05) is 19.9 Å². The predicted octanol–water partition coefficient (Wildman–Crippen LogP) is 1.79. The Kier molecular flexibility index (Phi) is 5.37. The fourth-order valence-corrected chi connectivity index (χ4v) is 5.19. The molecule has 1 aromatic carbocycles. The summed E-state index contributed by atoms with van der Waals surface area (Å²) in [5, 5.41) is 0. The molecule has 0 bridgehead atoms. The summed E-state index contributed by atoms with van der Waals surface area (Å²) >= 11 is 0. The highest BCUT2D eigenvalue weighted by atomic mass is 32.2. The minimum Gasteiger partial charge on any atom is -0.284 e. The molecule has 23 heavy (non-hydrogen) atoms. The zero-order valence-corrected chi connectivity index (χ0v) is 15.4. The van der Waals surface area contributed by atoms with Crippen molar-refractivity contribution in [1.29, 1.82) is 0 Å². The van der Waals surface area contributed by atoms with Crippen LogP contribution < -0.4 is 4.72 Å². The number of fused-ring (bicyclic) bond motifs is 1. The molecule has 0 saturated heterocycles. The van der Waals surface area contributed by atoms with Crippen LogP contribution in [0.1, 0.15) is 31.9 Å². The summed E-state index contributed by atoms with van der Waals surface area (Å²) in [5.41, 5.74) is 2.41. The van der Waals surface area contributed by atoms with Gasteiger partial charge in [0.1, 0.15) is 0 Å². The third-order valence-corrected chi connectivity index (χ3v) is 7.25. The number of anilines is 1. The van der Waals surface area contributed by atoms with Crippen molar-refractivity contribution < 1.29 is 16.8 Å². The van der Waals surface area contributed by atoms with Crippen molar-refractivity contribution in [3.05, 3.63) is 29.3 Å². The second-order valence-corrected chi connectivity index (χ2v) is 10.3. The quantitative estimate of drug-likeness (QED) is 0.838. The molecule has 0 saturated carbocycles. The first kappa shape index (κ1) is 18.2. The van der Waals surface area contributed by atoms with Crippen LogP contribution >= 0.6 is 0 Å². The van der Waals surface area contributed by atoms with Gasteiger partial charge in [-0.3, -0.25) is 4.72 Å². The van der Waals surface area contributed by atoms with Crippen molar-refractivity contribution >= 4 is 25.7 Å². The third kappa shape index (κ3) is 4.68. The maximum atomic E-state index is 12.0. The standard InChI is InChI=1S/C15H24N2O4S2/c1-4-23(20,21)17-8-7-13-5-6-15(9-14(13)10-17)16-22(18,19)11-12(2)3/h5-6,9,12,16H,4,7-8,10-11H2,1-3H3. The fourth-order valence-electron chi connectivity index (χ4n) is 2.67. The molecule has 0 amide bonds. The first-order chi connectivity index (χ1) is 10.6. The Morgan fingerprint density at radius 3 is 2.48 bits per heavy atom. The molecule has 1 aliphatic rings. The Morgan fingerprint density at radius 2 is 1.87 bits per heavy atom. The fraction of sp³-hybridized carbons (Fsp3) is 0.600. The van der Waals surface area contributed by atoms with Crippen LogP contribution in [0.3, 0.4) is 0 Å². The summed E-state index contributed by atoms with van der Waals surface area (Å²) in [6.45, 7) is 6.09. The highest BCUT2D eigenvalue weighted by molar-refractivity contribution is 7.92. The average molecular weight is 361 g/mol. The normalized spacial score (nSPS) is 16.3. The Morgan fingerprint density at radius 1 is 1.17 bits per heavy atom. The summed E-state index contributed by atoms with van der Waals surface area (Å²) in [6.07, 6.45) is 0.646. The lowest BCUT2D eigenvalue weighted by atomic mass is 10.0. The molecule has 1 aliphatic heterocycles. The van der Waals surface area contributed by atoms with E-state index in [2.05, 4.69) is 4.72 Å². The monoisotopic (exact) mass is 360 g/mol.